The van der Waals surface area contributed by atoms with Crippen molar-refractivity contribution in [1.29, 1.82) is 0 Å². The minimum atomic E-state index is 0.00844. The highest BCUT2D eigenvalue weighted by Gasteiger charge is 2.28. The van der Waals surface area contributed by atoms with Gasteiger partial charge in [0.05, 0.1) is 12.5 Å². The van der Waals surface area contributed by atoms with Crippen LogP contribution in [0.5, 0.6) is 0 Å². The van der Waals surface area contributed by atoms with E-state index in [1.165, 1.54) is 38.9 Å². The van der Waals surface area contributed by atoms with E-state index in [-0.39, 0.29) is 11.9 Å². The van der Waals surface area contributed by atoms with Crippen LogP contribution in [-0.2, 0) is 9.53 Å². The molecule has 0 aromatic heterocycles. The molecule has 122 valence electrons. The first-order valence-electron chi connectivity index (χ1n) is 8.81. The van der Waals surface area contributed by atoms with Gasteiger partial charge in [0.15, 0.2) is 0 Å². The maximum Gasteiger partial charge on any atom is 0.308 e. The number of hydrogen-bond donors (Lipinski definition) is 1. The van der Waals surface area contributed by atoms with Gasteiger partial charge in [-0.1, -0.05) is 13.3 Å². The highest BCUT2D eigenvalue weighted by Crippen LogP contribution is 2.25. The van der Waals surface area contributed by atoms with Gasteiger partial charge in [0, 0.05) is 12.6 Å². The largest absolute Gasteiger partial charge is 0.466 e. The summed E-state index contributed by atoms with van der Waals surface area (Å²) in [6.07, 6.45) is 7.03. The number of hydrogen-bond acceptors (Lipinski definition) is 4. The van der Waals surface area contributed by atoms with Crippen LogP contribution in [0.25, 0.3) is 0 Å². The minimum absolute atomic E-state index is 0.00844. The third-order valence-electron chi connectivity index (χ3n) is 4.82. The Morgan fingerprint density at radius 2 is 2.05 bits per heavy atom. The Bertz CT molecular complexity index is 316. The molecule has 2 fully saturated rings. The number of likely N-dealkylation sites (tertiary alicyclic amines) is 1. The van der Waals surface area contributed by atoms with Crippen LogP contribution in [0.1, 0.15) is 52.4 Å². The van der Waals surface area contributed by atoms with Crippen LogP contribution in [0, 0.1) is 11.8 Å². The first-order valence-corrected chi connectivity index (χ1v) is 8.81. The highest BCUT2D eigenvalue weighted by molar-refractivity contribution is 5.72. The van der Waals surface area contributed by atoms with Crippen molar-refractivity contribution in [1.82, 2.24) is 10.2 Å². The molecular formula is C17H32N2O2. The summed E-state index contributed by atoms with van der Waals surface area (Å²) in [5, 5.41) is 3.69. The van der Waals surface area contributed by atoms with Crippen LogP contribution in [0.3, 0.4) is 0 Å². The average molecular weight is 296 g/mol. The van der Waals surface area contributed by atoms with E-state index in [4.69, 9.17) is 4.74 Å². The summed E-state index contributed by atoms with van der Waals surface area (Å²) in [5.74, 6) is 0.810. The maximum atomic E-state index is 11.9. The first-order chi connectivity index (χ1) is 10.2. The second kappa shape index (κ2) is 8.74. The quantitative estimate of drug-likeness (QED) is 0.733. The summed E-state index contributed by atoms with van der Waals surface area (Å²) >= 11 is 0. The van der Waals surface area contributed by atoms with Gasteiger partial charge in [0.25, 0.3) is 0 Å². The summed E-state index contributed by atoms with van der Waals surface area (Å²) in [6, 6.07) is 0.495. The van der Waals surface area contributed by atoms with Crippen LogP contribution in [0.4, 0.5) is 0 Å². The smallest absolute Gasteiger partial charge is 0.308 e. The summed E-state index contributed by atoms with van der Waals surface area (Å²) in [5.41, 5.74) is 0. The summed E-state index contributed by atoms with van der Waals surface area (Å²) < 4.78 is 5.17. The van der Waals surface area contributed by atoms with Crippen LogP contribution < -0.4 is 5.32 Å². The van der Waals surface area contributed by atoms with Crippen LogP contribution in [0.2, 0.25) is 0 Å². The van der Waals surface area contributed by atoms with Gasteiger partial charge in [-0.3, -0.25) is 4.79 Å². The van der Waals surface area contributed by atoms with Crippen molar-refractivity contribution in [2.45, 2.75) is 58.4 Å². The van der Waals surface area contributed by atoms with E-state index in [0.29, 0.717) is 18.6 Å². The van der Waals surface area contributed by atoms with Gasteiger partial charge < -0.3 is 15.0 Å². The predicted octanol–water partition coefficient (Wildman–Crippen LogP) is 2.43. The average Bonchev–Trinajstić information content (AvgIpc) is 2.98. The van der Waals surface area contributed by atoms with E-state index in [1.807, 2.05) is 6.92 Å². The van der Waals surface area contributed by atoms with Gasteiger partial charge in [-0.15, -0.1) is 0 Å². The van der Waals surface area contributed by atoms with E-state index in [9.17, 15) is 4.79 Å². The van der Waals surface area contributed by atoms with Gasteiger partial charge in [-0.2, -0.15) is 0 Å². The molecule has 1 saturated heterocycles. The number of nitrogens with zero attached hydrogens (tertiary/aromatic N) is 1. The van der Waals surface area contributed by atoms with Crippen LogP contribution in [0.15, 0.2) is 0 Å². The molecule has 3 atom stereocenters. The molecule has 0 amide bonds. The molecule has 0 radical (unpaired) electrons. The van der Waals surface area contributed by atoms with Gasteiger partial charge in [-0.05, 0) is 64.6 Å². The lowest BCUT2D eigenvalue weighted by atomic mass is 9.85. The van der Waals surface area contributed by atoms with E-state index < -0.39 is 0 Å². The minimum Gasteiger partial charge on any atom is -0.466 e. The Hall–Kier alpha value is -0.610. The first kappa shape index (κ1) is 16.8. The Morgan fingerprint density at radius 3 is 2.76 bits per heavy atom. The fourth-order valence-corrected chi connectivity index (χ4v) is 3.69. The molecule has 1 saturated carbocycles. The lowest BCUT2D eigenvalue weighted by Gasteiger charge is -2.30. The zero-order valence-corrected chi connectivity index (χ0v) is 13.8. The number of rotatable bonds is 7. The molecule has 2 aliphatic rings. The summed E-state index contributed by atoms with van der Waals surface area (Å²) in [7, 11) is 0. The molecule has 2 rings (SSSR count). The molecule has 0 spiro atoms. The molecule has 4 heteroatoms. The predicted molar refractivity (Wildman–Crippen MR) is 85.2 cm³/mol. The molecule has 4 nitrogen and oxygen atoms in total. The Kier molecular flexibility index (Phi) is 6.97. The molecule has 0 aromatic carbocycles. The Balaban J connectivity index is 1.66. The molecule has 1 aliphatic carbocycles. The van der Waals surface area contributed by atoms with E-state index in [1.54, 1.807) is 0 Å². The lowest BCUT2D eigenvalue weighted by molar-refractivity contribution is -0.149. The summed E-state index contributed by atoms with van der Waals surface area (Å²) in [4.78, 5) is 14.4. The lowest BCUT2D eigenvalue weighted by Crippen LogP contribution is -2.40. The van der Waals surface area contributed by atoms with Gasteiger partial charge >= 0.3 is 5.97 Å². The monoisotopic (exact) mass is 296 g/mol. The number of carbonyl (C=O) groups excluding carboxylic acids is 1. The van der Waals surface area contributed by atoms with Crippen molar-refractivity contribution < 1.29 is 9.53 Å². The van der Waals surface area contributed by atoms with Crippen molar-refractivity contribution in [3.05, 3.63) is 0 Å². The van der Waals surface area contributed by atoms with E-state index in [0.717, 1.165) is 25.8 Å². The van der Waals surface area contributed by atoms with Crippen molar-refractivity contribution in [3.8, 4) is 0 Å². The normalized spacial score (nSPS) is 28.5. The topological polar surface area (TPSA) is 41.6 Å². The molecule has 21 heavy (non-hydrogen) atoms. The second-order valence-electron chi connectivity index (χ2n) is 6.83. The molecular weight excluding hydrogens is 264 g/mol. The molecule has 1 heterocycles. The van der Waals surface area contributed by atoms with E-state index >= 15 is 0 Å². The summed E-state index contributed by atoms with van der Waals surface area (Å²) in [6.45, 7) is 9.54. The van der Waals surface area contributed by atoms with Gasteiger partial charge in [0.1, 0.15) is 0 Å². The zero-order valence-electron chi connectivity index (χ0n) is 13.8. The number of nitrogens with one attached hydrogen (secondary N) is 1. The molecule has 0 aromatic rings. The van der Waals surface area contributed by atoms with Gasteiger partial charge in [0.2, 0.25) is 0 Å². The molecule has 1 aliphatic heterocycles. The highest BCUT2D eigenvalue weighted by atomic mass is 16.5. The third kappa shape index (κ3) is 5.59. The molecule has 1 N–H and O–H groups in total. The Labute approximate surface area is 129 Å². The Morgan fingerprint density at radius 1 is 1.29 bits per heavy atom. The second-order valence-corrected chi connectivity index (χ2v) is 6.83. The van der Waals surface area contributed by atoms with Crippen molar-refractivity contribution in [2.24, 2.45) is 11.8 Å². The van der Waals surface area contributed by atoms with Crippen molar-refractivity contribution in [2.75, 3.05) is 32.8 Å². The number of esters is 1. The zero-order chi connectivity index (χ0) is 15.1. The van der Waals surface area contributed by atoms with Crippen LogP contribution >= 0.6 is 0 Å². The number of ether oxygens (including phenoxy) is 1. The van der Waals surface area contributed by atoms with Gasteiger partial charge in [-0.25, -0.2) is 0 Å². The number of carbonyl (C=O) groups is 1. The standard InChI is InChI=1S/C17H32N2O2/c1-3-21-17(20)15-7-6-8-16(11-15)18-12-14(2)13-19-9-4-5-10-19/h14-16,18H,3-13H2,1-2H3. The molecule has 0 bridgehead atoms. The van der Waals surface area contributed by atoms with Crippen molar-refractivity contribution >= 4 is 5.97 Å². The van der Waals surface area contributed by atoms with Crippen LogP contribution in [-0.4, -0.2) is 49.7 Å². The maximum absolute atomic E-state index is 11.9. The fourth-order valence-electron chi connectivity index (χ4n) is 3.69. The van der Waals surface area contributed by atoms with E-state index in [2.05, 4.69) is 17.1 Å². The third-order valence-corrected chi connectivity index (χ3v) is 4.82. The molecule has 3 unspecified atom stereocenters. The SMILES string of the molecule is CCOC(=O)C1CCCC(NCC(C)CN2CCCC2)C1. The van der Waals surface area contributed by atoms with Crippen molar-refractivity contribution in [3.63, 3.8) is 0 Å². The fraction of sp³-hybridized carbons (Fsp3) is 0.941.